The number of nitrogens with one attached hydrogen (secondary N) is 1. The van der Waals surface area contributed by atoms with Gasteiger partial charge in [-0.05, 0) is 25.0 Å². The van der Waals surface area contributed by atoms with Crippen LogP contribution in [0.4, 0.5) is 4.79 Å². The van der Waals surface area contributed by atoms with Gasteiger partial charge in [-0.2, -0.15) is 4.08 Å². The van der Waals surface area contributed by atoms with Gasteiger partial charge < -0.3 is 9.84 Å². The van der Waals surface area contributed by atoms with Crippen molar-refractivity contribution >= 4 is 58.4 Å². The summed E-state index contributed by atoms with van der Waals surface area (Å²) >= 11 is 8.46. The summed E-state index contributed by atoms with van der Waals surface area (Å²) in [7, 11) is 3.46. The van der Waals surface area contributed by atoms with E-state index >= 15 is 0 Å². The number of nitrogens with zero attached hydrogens (tertiary/aromatic N) is 2. The number of amides is 1. The topological polar surface area (TPSA) is 63.2 Å². The molecule has 0 aliphatic rings. The van der Waals surface area contributed by atoms with Gasteiger partial charge in [0.25, 0.3) is 0 Å². The molecule has 6 nitrogen and oxygen atoms in total. The van der Waals surface area contributed by atoms with Gasteiger partial charge in [0.05, 0.1) is 5.88 Å². The third-order valence-corrected chi connectivity index (χ3v) is 9.38. The van der Waals surface area contributed by atoms with E-state index in [4.69, 9.17) is 21.2 Å². The van der Waals surface area contributed by atoms with Crippen molar-refractivity contribution in [3.05, 3.63) is 30.3 Å². The summed E-state index contributed by atoms with van der Waals surface area (Å²) in [6.45, 7) is 1.76. The smallest absolute Gasteiger partial charge is 0.337 e. The maximum Gasteiger partial charge on any atom is 0.434 e. The second kappa shape index (κ2) is 10.3. The molecule has 0 heterocycles. The van der Waals surface area contributed by atoms with Crippen LogP contribution >= 0.6 is 30.1 Å². The van der Waals surface area contributed by atoms with Gasteiger partial charge in [0.15, 0.2) is 6.42 Å². The Balaban J connectivity index is 2.54. The summed E-state index contributed by atoms with van der Waals surface area (Å²) in [6.07, 6.45) is -1.09. The highest BCUT2D eigenvalue weighted by atomic mass is 32.5. The van der Waals surface area contributed by atoms with Gasteiger partial charge in [-0.15, -0.1) is 11.8 Å². The van der Waals surface area contributed by atoms with E-state index in [1.807, 2.05) is 47.7 Å². The third-order valence-electron chi connectivity index (χ3n) is 2.72. The van der Waals surface area contributed by atoms with Crippen molar-refractivity contribution in [2.24, 2.45) is 5.16 Å². The summed E-state index contributed by atoms with van der Waals surface area (Å²) in [5.41, 5.74) is 0. The van der Waals surface area contributed by atoms with Crippen LogP contribution in [0.5, 0.6) is 0 Å². The first-order valence-corrected chi connectivity index (χ1v) is 11.4. The van der Waals surface area contributed by atoms with Gasteiger partial charge in [-0.25, -0.2) is 4.79 Å². The fourth-order valence-corrected chi connectivity index (χ4v) is 5.28. The average Bonchev–Trinajstić information content (AvgIpc) is 2.59. The van der Waals surface area contributed by atoms with Crippen LogP contribution in [0.3, 0.4) is 0 Å². The van der Waals surface area contributed by atoms with Crippen molar-refractivity contribution < 1.29 is 14.2 Å². The molecule has 0 aromatic heterocycles. The maximum absolute atomic E-state index is 11.5. The summed E-state index contributed by atoms with van der Waals surface area (Å²) in [6, 6.07) is 9.68. The van der Waals surface area contributed by atoms with Crippen molar-refractivity contribution in [3.63, 3.8) is 0 Å². The predicted molar refractivity (Wildman–Crippen MR) is 104 cm³/mol. The Morgan fingerprint density at radius 1 is 1.43 bits per heavy atom. The third kappa shape index (κ3) is 6.45. The molecular formula is C13H20N3O3PS3. The number of hydrogen-bond donors (Lipinski definition) is 1. The predicted octanol–water partition coefficient (Wildman–Crippen LogP) is 3.23. The summed E-state index contributed by atoms with van der Waals surface area (Å²) < 4.78 is 7.47. The molecule has 1 aromatic rings. The fourth-order valence-electron chi connectivity index (χ4n) is 1.44. The van der Waals surface area contributed by atoms with Crippen molar-refractivity contribution in [2.45, 2.75) is 6.92 Å². The Kier molecular flexibility index (Phi) is 9.19. The zero-order valence-electron chi connectivity index (χ0n) is 13.4. The highest BCUT2D eigenvalue weighted by Gasteiger charge is 2.25. The molecule has 1 rings (SSSR count). The van der Waals surface area contributed by atoms with E-state index in [0.717, 1.165) is 5.30 Å². The average molecular weight is 393 g/mol. The van der Waals surface area contributed by atoms with Gasteiger partial charge in [-0.3, -0.25) is 4.84 Å². The maximum atomic E-state index is 11.5. The van der Waals surface area contributed by atoms with Gasteiger partial charge in [0.2, 0.25) is 0 Å². The Morgan fingerprint density at radius 3 is 2.65 bits per heavy atom. The van der Waals surface area contributed by atoms with Crippen LogP contribution in [0, 0.1) is 0 Å². The quantitative estimate of drug-likeness (QED) is 0.145. The molecule has 23 heavy (non-hydrogen) atoms. The highest BCUT2D eigenvalue weighted by Crippen LogP contribution is 2.51. The Labute approximate surface area is 150 Å². The number of rotatable bonds is 7. The first-order chi connectivity index (χ1) is 10.9. The van der Waals surface area contributed by atoms with E-state index in [9.17, 15) is 4.79 Å². The summed E-state index contributed by atoms with van der Waals surface area (Å²) in [5.74, 6) is 0.303. The van der Waals surface area contributed by atoms with Gasteiger partial charge in [0.1, 0.15) is 5.04 Å². The normalized spacial score (nSPS) is 14.4. The molecule has 1 amide bonds. The molecule has 0 saturated heterocycles. The molecule has 0 bridgehead atoms. The monoisotopic (exact) mass is 393 g/mol. The van der Waals surface area contributed by atoms with Crippen molar-refractivity contribution in [1.29, 1.82) is 0 Å². The van der Waals surface area contributed by atoms with Crippen molar-refractivity contribution in [2.75, 3.05) is 26.3 Å². The van der Waals surface area contributed by atoms with E-state index in [1.54, 1.807) is 14.0 Å². The van der Waals surface area contributed by atoms with Crippen LogP contribution in [0.1, 0.15) is 6.92 Å². The molecule has 128 valence electrons. The Bertz CT molecular complexity index is 586. The highest BCUT2D eigenvalue weighted by molar-refractivity contribution is 8.20. The van der Waals surface area contributed by atoms with Gasteiger partial charge >= 0.3 is 6.09 Å². The molecule has 0 spiro atoms. The number of carbonyl (C=O) groups is 1. The van der Waals surface area contributed by atoms with Crippen LogP contribution in [0.25, 0.3) is 0 Å². The van der Waals surface area contributed by atoms with Crippen LogP contribution in [-0.4, -0.2) is 41.5 Å². The van der Waals surface area contributed by atoms with E-state index in [1.165, 1.54) is 23.7 Å². The van der Waals surface area contributed by atoms with E-state index in [-0.39, 0.29) is 0 Å². The molecule has 0 radical (unpaired) electrons. The van der Waals surface area contributed by atoms with Crippen molar-refractivity contribution in [1.82, 2.24) is 9.39 Å². The first kappa shape index (κ1) is 20.5. The van der Waals surface area contributed by atoms with Crippen molar-refractivity contribution in [3.8, 4) is 0 Å². The van der Waals surface area contributed by atoms with Crippen LogP contribution in [0.15, 0.2) is 35.5 Å². The summed E-state index contributed by atoms with van der Waals surface area (Å²) in [5, 5.41) is 7.88. The molecule has 1 N–H and O–H groups in total. The zero-order valence-corrected chi connectivity index (χ0v) is 16.7. The van der Waals surface area contributed by atoms with Crippen LogP contribution in [-0.2, 0) is 21.2 Å². The molecule has 0 fully saturated rings. The standard InChI is InChI=1S/C13H20N3O3PS3/c1-11(22-4)15-19-13(17)14-10-23-16(2)20(21,18-3)12-8-6-5-7-9-12/h5-9H,10H2,1-4H3,(H,14,17). The Morgan fingerprint density at radius 2 is 2.09 bits per heavy atom. The van der Waals surface area contributed by atoms with E-state index < -0.39 is 12.5 Å². The Hall–Kier alpha value is -0.570. The number of carbonyl (C=O) groups excluding carboxylic acids is 1. The first-order valence-electron chi connectivity index (χ1n) is 6.56. The fraction of sp³-hybridized carbons (Fsp3) is 0.385. The van der Waals surface area contributed by atoms with Crippen LogP contribution < -0.4 is 10.6 Å². The lowest BCUT2D eigenvalue weighted by Gasteiger charge is -2.29. The SMILES string of the molecule is COP(=S)(c1ccccc1)N(C)SCNC(=O)ON=C(C)SC. The molecule has 1 unspecified atom stereocenters. The molecule has 0 aliphatic carbocycles. The van der Waals surface area contributed by atoms with E-state index in [2.05, 4.69) is 10.5 Å². The zero-order chi connectivity index (χ0) is 17.3. The van der Waals surface area contributed by atoms with Crippen LogP contribution in [0.2, 0.25) is 0 Å². The summed E-state index contributed by atoms with van der Waals surface area (Å²) in [4.78, 5) is 16.2. The van der Waals surface area contributed by atoms with Gasteiger partial charge in [0, 0.05) is 19.5 Å². The largest absolute Gasteiger partial charge is 0.434 e. The minimum absolute atomic E-state index is 0.303. The lowest BCUT2D eigenvalue weighted by atomic mass is 10.4. The number of thioether (sulfide) groups is 1. The minimum atomic E-state index is -2.33. The molecule has 10 heteroatoms. The lowest BCUT2D eigenvalue weighted by molar-refractivity contribution is 0.153. The number of oxime groups is 1. The molecular weight excluding hydrogens is 373 g/mol. The second-order valence-electron chi connectivity index (χ2n) is 4.15. The minimum Gasteiger partial charge on any atom is -0.337 e. The lowest BCUT2D eigenvalue weighted by Crippen LogP contribution is -2.26. The molecule has 0 aliphatic heterocycles. The molecule has 0 saturated carbocycles. The molecule has 1 atom stereocenters. The number of benzene rings is 1. The van der Waals surface area contributed by atoms with Gasteiger partial charge in [-0.1, -0.05) is 47.4 Å². The molecule has 1 aromatic carbocycles. The van der Waals surface area contributed by atoms with E-state index in [0.29, 0.717) is 10.9 Å². The second-order valence-corrected chi connectivity index (χ2v) is 10.5. The number of hydrogen-bond acceptors (Lipinski definition) is 7.